The number of ether oxygens (including phenoxy) is 1. The highest BCUT2D eigenvalue weighted by Crippen LogP contribution is 2.39. The Kier molecular flexibility index (Phi) is 4.28. The largest absolute Gasteiger partial charge is 0.444 e. The van der Waals surface area contributed by atoms with E-state index >= 15 is 0 Å². The minimum absolute atomic E-state index is 0.0641. The molecule has 1 saturated carbocycles. The molecule has 25 heavy (non-hydrogen) atoms. The second kappa shape index (κ2) is 6.03. The molecule has 2 aliphatic rings. The number of fused-ring (bicyclic) bond motifs is 2. The fraction of sp³-hybridized carbons (Fsp3) is 0.688. The van der Waals surface area contributed by atoms with Crippen LogP contribution in [-0.2, 0) is 10.9 Å². The number of nitrogens with zero attached hydrogens (tertiary/aromatic N) is 3. The third-order valence-corrected chi connectivity index (χ3v) is 4.40. The van der Waals surface area contributed by atoms with Crippen LogP contribution in [0, 0.1) is 5.92 Å². The zero-order valence-corrected chi connectivity index (χ0v) is 14.3. The minimum atomic E-state index is -4.46. The first kappa shape index (κ1) is 17.8. The van der Waals surface area contributed by atoms with Crippen LogP contribution in [0.25, 0.3) is 0 Å². The molecule has 1 aliphatic carbocycles. The maximum atomic E-state index is 12.6. The number of alkyl halides is 3. The number of hydrogen-bond donors (Lipinski definition) is 1. The van der Waals surface area contributed by atoms with Gasteiger partial charge in [0.1, 0.15) is 5.60 Å². The van der Waals surface area contributed by atoms with E-state index in [9.17, 15) is 18.0 Å². The molecular formula is C16H21F3N4O2. The normalized spacial score (nSPS) is 26.0. The number of nitrogens with one attached hydrogen (secondary N) is 1. The summed E-state index contributed by atoms with van der Waals surface area (Å²) < 4.78 is 43.1. The number of aromatic nitrogens is 2. The smallest absolute Gasteiger partial charge is 0.419 e. The number of rotatable bonds is 2. The molecule has 0 radical (unpaired) electrons. The topological polar surface area (TPSA) is 67.3 Å². The van der Waals surface area contributed by atoms with Gasteiger partial charge >= 0.3 is 12.3 Å². The molecule has 6 nitrogen and oxygen atoms in total. The third kappa shape index (κ3) is 3.96. The molecule has 1 N–H and O–H groups in total. The lowest BCUT2D eigenvalue weighted by Crippen LogP contribution is -2.49. The summed E-state index contributed by atoms with van der Waals surface area (Å²) in [4.78, 5) is 21.5. The van der Waals surface area contributed by atoms with Crippen LogP contribution in [0.15, 0.2) is 12.4 Å². The standard InChI is InChI=1S/C16H21F3N4O2/c1-15(2,3)25-14(24)23-8-9-4-11(12(23)5-9)22-13-20-6-10(7-21-13)16(17,18)19/h6-7,9,11-12H,4-5,8H2,1-3H3,(H,20,21,22)/t9-,11+,12-/m0/s1. The quantitative estimate of drug-likeness (QED) is 0.879. The predicted octanol–water partition coefficient (Wildman–Crippen LogP) is 3.31. The van der Waals surface area contributed by atoms with Crippen LogP contribution < -0.4 is 5.32 Å². The summed E-state index contributed by atoms with van der Waals surface area (Å²) in [5, 5.41) is 3.06. The lowest BCUT2D eigenvalue weighted by atomic mass is 10.1. The van der Waals surface area contributed by atoms with Crippen LogP contribution >= 0.6 is 0 Å². The number of halogens is 3. The van der Waals surface area contributed by atoms with Crippen molar-refractivity contribution in [2.24, 2.45) is 5.92 Å². The van der Waals surface area contributed by atoms with Crippen LogP contribution in [0.4, 0.5) is 23.9 Å². The van der Waals surface area contributed by atoms with Gasteiger partial charge in [0.25, 0.3) is 0 Å². The molecule has 1 aromatic rings. The van der Waals surface area contributed by atoms with Crippen molar-refractivity contribution in [3.05, 3.63) is 18.0 Å². The number of carbonyl (C=O) groups is 1. The Bertz CT molecular complexity index is 642. The summed E-state index contributed by atoms with van der Waals surface area (Å²) in [7, 11) is 0. The highest BCUT2D eigenvalue weighted by atomic mass is 19.4. The Morgan fingerprint density at radius 3 is 2.40 bits per heavy atom. The summed E-state index contributed by atoms with van der Waals surface area (Å²) in [6, 6.07) is -0.159. The van der Waals surface area contributed by atoms with Gasteiger partial charge in [-0.2, -0.15) is 13.2 Å². The molecule has 138 valence electrons. The van der Waals surface area contributed by atoms with Gasteiger partial charge in [-0.3, -0.25) is 0 Å². The highest BCUT2D eigenvalue weighted by Gasteiger charge is 2.48. The van der Waals surface area contributed by atoms with E-state index in [2.05, 4.69) is 15.3 Å². The Morgan fingerprint density at radius 1 is 1.24 bits per heavy atom. The van der Waals surface area contributed by atoms with Crippen molar-refractivity contribution in [2.45, 2.75) is 57.5 Å². The molecular weight excluding hydrogens is 337 g/mol. The summed E-state index contributed by atoms with van der Waals surface area (Å²) >= 11 is 0. The SMILES string of the molecule is CC(C)(C)OC(=O)N1C[C@H]2C[C@@H](Nc3ncc(C(F)(F)F)cn3)[C@@H]1C2. The third-order valence-electron chi connectivity index (χ3n) is 4.40. The van der Waals surface area contributed by atoms with E-state index in [1.807, 2.05) is 20.8 Å². The first-order chi connectivity index (χ1) is 11.5. The lowest BCUT2D eigenvalue weighted by molar-refractivity contribution is -0.138. The summed E-state index contributed by atoms with van der Waals surface area (Å²) in [5.74, 6) is 0.485. The number of likely N-dealkylation sites (tertiary alicyclic amines) is 1. The lowest BCUT2D eigenvalue weighted by Gasteiger charge is -2.34. The molecule has 2 bridgehead atoms. The molecule has 1 aliphatic heterocycles. The number of amides is 1. The fourth-order valence-electron chi connectivity index (χ4n) is 3.43. The van der Waals surface area contributed by atoms with Crippen molar-refractivity contribution in [1.82, 2.24) is 14.9 Å². The van der Waals surface area contributed by atoms with Gasteiger partial charge < -0.3 is 15.0 Å². The Labute approximate surface area is 143 Å². The summed E-state index contributed by atoms with van der Waals surface area (Å²) in [5.41, 5.74) is -1.46. The highest BCUT2D eigenvalue weighted by molar-refractivity contribution is 5.69. The second-order valence-electron chi connectivity index (χ2n) is 7.58. The van der Waals surface area contributed by atoms with Gasteiger partial charge in [0.05, 0.1) is 11.6 Å². The molecule has 1 amide bonds. The number of carbonyl (C=O) groups excluding carboxylic acids is 1. The van der Waals surface area contributed by atoms with Crippen molar-refractivity contribution in [1.29, 1.82) is 0 Å². The monoisotopic (exact) mass is 358 g/mol. The predicted molar refractivity (Wildman–Crippen MR) is 83.9 cm³/mol. The average molecular weight is 358 g/mol. The van der Waals surface area contributed by atoms with Crippen molar-refractivity contribution in [2.75, 3.05) is 11.9 Å². The molecule has 3 atom stereocenters. The molecule has 2 heterocycles. The van der Waals surface area contributed by atoms with Crippen LogP contribution in [0.5, 0.6) is 0 Å². The van der Waals surface area contributed by atoms with Crippen molar-refractivity contribution in [3.63, 3.8) is 0 Å². The number of anilines is 1. The number of piperidine rings is 1. The van der Waals surface area contributed by atoms with E-state index in [1.54, 1.807) is 4.90 Å². The molecule has 1 aromatic heterocycles. The van der Waals surface area contributed by atoms with Crippen LogP contribution in [0.1, 0.15) is 39.2 Å². The molecule has 0 spiro atoms. The molecule has 3 rings (SSSR count). The average Bonchev–Trinajstić information content (AvgIpc) is 3.05. The van der Waals surface area contributed by atoms with E-state index in [-0.39, 0.29) is 24.1 Å². The fourth-order valence-corrected chi connectivity index (χ4v) is 3.43. The molecule has 0 aromatic carbocycles. The number of hydrogen-bond acceptors (Lipinski definition) is 5. The van der Waals surface area contributed by atoms with E-state index < -0.39 is 17.3 Å². The second-order valence-corrected chi connectivity index (χ2v) is 7.58. The minimum Gasteiger partial charge on any atom is -0.444 e. The van der Waals surface area contributed by atoms with Gasteiger partial charge in [0.2, 0.25) is 5.95 Å². The zero-order chi connectivity index (χ0) is 18.4. The van der Waals surface area contributed by atoms with Gasteiger partial charge in [0, 0.05) is 25.0 Å². The zero-order valence-electron chi connectivity index (χ0n) is 14.3. The Balaban J connectivity index is 1.65. The summed E-state index contributed by atoms with van der Waals surface area (Å²) in [6.07, 6.45) is -1.63. The van der Waals surface area contributed by atoms with E-state index in [4.69, 9.17) is 4.74 Å². The van der Waals surface area contributed by atoms with Crippen LogP contribution in [0.3, 0.4) is 0 Å². The molecule has 2 fully saturated rings. The molecule has 0 unspecified atom stereocenters. The van der Waals surface area contributed by atoms with E-state index in [0.717, 1.165) is 25.2 Å². The maximum Gasteiger partial charge on any atom is 0.419 e. The Morgan fingerprint density at radius 2 is 1.88 bits per heavy atom. The molecule has 1 saturated heterocycles. The van der Waals surface area contributed by atoms with Gasteiger partial charge in [-0.05, 0) is 39.5 Å². The van der Waals surface area contributed by atoms with Gasteiger partial charge in [-0.15, -0.1) is 0 Å². The van der Waals surface area contributed by atoms with Crippen molar-refractivity contribution >= 4 is 12.0 Å². The van der Waals surface area contributed by atoms with Crippen LogP contribution in [0.2, 0.25) is 0 Å². The van der Waals surface area contributed by atoms with Crippen LogP contribution in [-0.4, -0.2) is 45.2 Å². The van der Waals surface area contributed by atoms with Gasteiger partial charge in [-0.25, -0.2) is 14.8 Å². The Hall–Kier alpha value is -2.06. The van der Waals surface area contributed by atoms with E-state index in [1.165, 1.54) is 0 Å². The first-order valence-electron chi connectivity index (χ1n) is 8.18. The maximum absolute atomic E-state index is 12.6. The van der Waals surface area contributed by atoms with Gasteiger partial charge in [-0.1, -0.05) is 0 Å². The van der Waals surface area contributed by atoms with Gasteiger partial charge in [0.15, 0.2) is 0 Å². The van der Waals surface area contributed by atoms with Crippen molar-refractivity contribution < 1.29 is 22.7 Å². The molecule has 9 heteroatoms. The summed E-state index contributed by atoms with van der Waals surface area (Å²) in [6.45, 7) is 6.08. The van der Waals surface area contributed by atoms with Crippen molar-refractivity contribution in [3.8, 4) is 0 Å². The first-order valence-corrected chi connectivity index (χ1v) is 8.18. The van der Waals surface area contributed by atoms with E-state index in [0.29, 0.717) is 12.5 Å².